The minimum atomic E-state index is -0.0125. The Kier molecular flexibility index (Phi) is 3.52. The summed E-state index contributed by atoms with van der Waals surface area (Å²) in [5.41, 5.74) is 0.0135. The molecule has 1 saturated heterocycles. The van der Waals surface area contributed by atoms with E-state index in [1.54, 1.807) is 0 Å². The molecule has 0 aromatic carbocycles. The lowest BCUT2D eigenvalue weighted by molar-refractivity contribution is -0.0789. The molecule has 0 bridgehead atoms. The third-order valence-electron chi connectivity index (χ3n) is 3.63. The van der Waals surface area contributed by atoms with Crippen molar-refractivity contribution in [2.75, 3.05) is 7.05 Å². The van der Waals surface area contributed by atoms with Gasteiger partial charge in [-0.05, 0) is 47.1 Å². The Labute approximate surface area is 94.8 Å². The van der Waals surface area contributed by atoms with Gasteiger partial charge in [-0.2, -0.15) is 0 Å². The van der Waals surface area contributed by atoms with Crippen LogP contribution in [0.2, 0.25) is 0 Å². The summed E-state index contributed by atoms with van der Waals surface area (Å²) in [6.07, 6.45) is 1.14. The van der Waals surface area contributed by atoms with Crippen molar-refractivity contribution in [3.8, 4) is 0 Å². The van der Waals surface area contributed by atoms with Crippen molar-refractivity contribution in [2.45, 2.75) is 65.2 Å². The van der Waals surface area contributed by atoms with Gasteiger partial charge in [-0.25, -0.2) is 0 Å². The highest BCUT2D eigenvalue weighted by atomic mass is 16.5. The van der Waals surface area contributed by atoms with Gasteiger partial charge in [-0.15, -0.1) is 0 Å². The van der Waals surface area contributed by atoms with Crippen molar-refractivity contribution in [1.82, 2.24) is 5.32 Å². The second-order valence-electron chi connectivity index (χ2n) is 6.33. The molecule has 1 rings (SSSR count). The Morgan fingerprint density at radius 3 is 2.00 bits per heavy atom. The van der Waals surface area contributed by atoms with Gasteiger partial charge in [0.2, 0.25) is 0 Å². The number of hydrogen-bond acceptors (Lipinski definition) is 2. The first-order chi connectivity index (χ1) is 6.69. The quantitative estimate of drug-likeness (QED) is 0.778. The predicted octanol–water partition coefficient (Wildman–Crippen LogP) is 2.82. The van der Waals surface area contributed by atoms with Gasteiger partial charge < -0.3 is 10.1 Å². The molecule has 0 aromatic heterocycles. The highest BCUT2D eigenvalue weighted by Gasteiger charge is 2.49. The first-order valence-electron chi connectivity index (χ1n) is 6.07. The Hall–Kier alpha value is -0.0800. The van der Waals surface area contributed by atoms with Gasteiger partial charge in [0, 0.05) is 12.0 Å². The molecule has 1 fully saturated rings. The van der Waals surface area contributed by atoms with E-state index in [1.807, 2.05) is 0 Å². The molecule has 1 N–H and O–H groups in total. The molecule has 0 amide bonds. The van der Waals surface area contributed by atoms with Crippen LogP contribution in [0.5, 0.6) is 0 Å². The maximum Gasteiger partial charge on any atom is 0.0677 e. The highest BCUT2D eigenvalue weighted by molar-refractivity contribution is 4.99. The van der Waals surface area contributed by atoms with E-state index in [1.165, 1.54) is 0 Å². The van der Waals surface area contributed by atoms with Crippen LogP contribution >= 0.6 is 0 Å². The molecule has 2 nitrogen and oxygen atoms in total. The third-order valence-corrected chi connectivity index (χ3v) is 3.63. The molecule has 0 aromatic rings. The summed E-state index contributed by atoms with van der Waals surface area (Å²) >= 11 is 0. The molecule has 1 aliphatic rings. The van der Waals surface area contributed by atoms with Gasteiger partial charge in [0.25, 0.3) is 0 Å². The molecule has 1 aliphatic heterocycles. The minimum absolute atomic E-state index is 0.0125. The Morgan fingerprint density at radius 2 is 1.73 bits per heavy atom. The summed E-state index contributed by atoms with van der Waals surface area (Å²) in [4.78, 5) is 0. The standard InChI is InChI=1S/C13H27NO/c1-9(2)11(14-7)10-8-12(3,4)15-13(10,5)6/h9-11,14H,8H2,1-7H3. The van der Waals surface area contributed by atoms with Crippen molar-refractivity contribution < 1.29 is 4.74 Å². The van der Waals surface area contributed by atoms with E-state index >= 15 is 0 Å². The SMILES string of the molecule is CNC(C(C)C)C1CC(C)(C)OC1(C)C. The molecular formula is C13H27NO. The number of ether oxygens (including phenoxy) is 1. The monoisotopic (exact) mass is 213 g/mol. The summed E-state index contributed by atoms with van der Waals surface area (Å²) in [7, 11) is 2.06. The molecule has 1 heterocycles. The smallest absolute Gasteiger partial charge is 0.0677 e. The van der Waals surface area contributed by atoms with Gasteiger partial charge in [0.05, 0.1) is 11.2 Å². The first kappa shape index (κ1) is 13.0. The van der Waals surface area contributed by atoms with Gasteiger partial charge in [0.1, 0.15) is 0 Å². The fourth-order valence-corrected chi connectivity index (χ4v) is 3.16. The van der Waals surface area contributed by atoms with Crippen LogP contribution < -0.4 is 5.32 Å². The van der Waals surface area contributed by atoms with E-state index in [2.05, 4.69) is 53.9 Å². The Balaban J connectivity index is 2.85. The molecular weight excluding hydrogens is 186 g/mol. The maximum absolute atomic E-state index is 6.14. The molecule has 2 heteroatoms. The van der Waals surface area contributed by atoms with Crippen LogP contribution in [0, 0.1) is 11.8 Å². The average Bonchev–Trinajstić information content (AvgIpc) is 2.20. The average molecular weight is 213 g/mol. The van der Waals surface area contributed by atoms with Gasteiger partial charge in [0.15, 0.2) is 0 Å². The molecule has 90 valence electrons. The molecule has 0 radical (unpaired) electrons. The fourth-order valence-electron chi connectivity index (χ4n) is 3.16. The highest BCUT2D eigenvalue weighted by Crippen LogP contribution is 2.44. The molecule has 15 heavy (non-hydrogen) atoms. The van der Waals surface area contributed by atoms with Crippen LogP contribution in [0.3, 0.4) is 0 Å². The summed E-state index contributed by atoms with van der Waals surface area (Å²) in [5.74, 6) is 1.24. The van der Waals surface area contributed by atoms with E-state index in [9.17, 15) is 0 Å². The summed E-state index contributed by atoms with van der Waals surface area (Å²) < 4.78 is 6.14. The summed E-state index contributed by atoms with van der Waals surface area (Å²) in [6.45, 7) is 13.4. The topological polar surface area (TPSA) is 21.3 Å². The minimum Gasteiger partial charge on any atom is -0.369 e. The van der Waals surface area contributed by atoms with E-state index in [-0.39, 0.29) is 11.2 Å². The normalized spacial score (nSPS) is 30.8. The fraction of sp³-hybridized carbons (Fsp3) is 1.00. The van der Waals surface area contributed by atoms with Crippen LogP contribution in [0.1, 0.15) is 48.0 Å². The van der Waals surface area contributed by atoms with Gasteiger partial charge >= 0.3 is 0 Å². The zero-order valence-electron chi connectivity index (χ0n) is 11.3. The van der Waals surface area contributed by atoms with Crippen LogP contribution in [0.25, 0.3) is 0 Å². The van der Waals surface area contributed by atoms with Crippen LogP contribution in [0.15, 0.2) is 0 Å². The van der Waals surface area contributed by atoms with Gasteiger partial charge in [-0.3, -0.25) is 0 Å². The number of nitrogens with one attached hydrogen (secondary N) is 1. The number of rotatable bonds is 3. The molecule has 0 spiro atoms. The van der Waals surface area contributed by atoms with Crippen LogP contribution in [-0.2, 0) is 4.74 Å². The van der Waals surface area contributed by atoms with Crippen molar-refractivity contribution in [3.05, 3.63) is 0 Å². The van der Waals surface area contributed by atoms with Crippen molar-refractivity contribution >= 4 is 0 Å². The summed E-state index contributed by atoms with van der Waals surface area (Å²) in [5, 5.41) is 3.46. The Morgan fingerprint density at radius 1 is 1.20 bits per heavy atom. The molecule has 2 atom stereocenters. The zero-order chi connectivity index (χ0) is 11.9. The van der Waals surface area contributed by atoms with Crippen molar-refractivity contribution in [2.24, 2.45) is 11.8 Å². The second-order valence-corrected chi connectivity index (χ2v) is 6.33. The van der Waals surface area contributed by atoms with E-state index in [4.69, 9.17) is 4.74 Å². The van der Waals surface area contributed by atoms with Crippen molar-refractivity contribution in [1.29, 1.82) is 0 Å². The van der Waals surface area contributed by atoms with Crippen molar-refractivity contribution in [3.63, 3.8) is 0 Å². The van der Waals surface area contributed by atoms with Crippen LogP contribution in [-0.4, -0.2) is 24.3 Å². The van der Waals surface area contributed by atoms with E-state index in [0.29, 0.717) is 17.9 Å². The maximum atomic E-state index is 6.14. The third kappa shape index (κ3) is 2.73. The predicted molar refractivity (Wildman–Crippen MR) is 65.0 cm³/mol. The Bertz CT molecular complexity index is 221. The molecule has 0 saturated carbocycles. The lowest BCUT2D eigenvalue weighted by Gasteiger charge is -2.35. The second kappa shape index (κ2) is 4.06. The van der Waals surface area contributed by atoms with Crippen LogP contribution in [0.4, 0.5) is 0 Å². The largest absolute Gasteiger partial charge is 0.369 e. The van der Waals surface area contributed by atoms with Gasteiger partial charge in [-0.1, -0.05) is 13.8 Å². The number of hydrogen-bond donors (Lipinski definition) is 1. The molecule has 2 unspecified atom stereocenters. The lowest BCUT2D eigenvalue weighted by Crippen LogP contribution is -2.45. The van der Waals surface area contributed by atoms with E-state index < -0.39 is 0 Å². The lowest BCUT2D eigenvalue weighted by atomic mass is 9.77. The molecule has 0 aliphatic carbocycles. The van der Waals surface area contributed by atoms with E-state index in [0.717, 1.165) is 6.42 Å². The first-order valence-corrected chi connectivity index (χ1v) is 6.07. The summed E-state index contributed by atoms with van der Waals surface area (Å²) in [6, 6.07) is 0.543. The zero-order valence-corrected chi connectivity index (χ0v) is 11.3.